The topological polar surface area (TPSA) is 70.0 Å². The third-order valence-corrected chi connectivity index (χ3v) is 3.98. The van der Waals surface area contributed by atoms with Crippen LogP contribution in [0.4, 0.5) is 0 Å². The van der Waals surface area contributed by atoms with Gasteiger partial charge in [-0.3, -0.25) is 9.36 Å². The van der Waals surface area contributed by atoms with Gasteiger partial charge in [-0.15, -0.1) is 0 Å². The van der Waals surface area contributed by atoms with Crippen LogP contribution >= 0.6 is 22.6 Å². The lowest BCUT2D eigenvalue weighted by atomic mass is 10.2. The molecule has 2 aromatic heterocycles. The average Bonchev–Trinajstić information content (AvgIpc) is 3.12. The summed E-state index contributed by atoms with van der Waals surface area (Å²) in [6, 6.07) is 0. The highest BCUT2D eigenvalue weighted by Crippen LogP contribution is 2.41. The minimum absolute atomic E-state index is 0.220. The molecule has 0 radical (unpaired) electrons. The smallest absolute Gasteiger partial charge is 0.331 e. The van der Waals surface area contributed by atoms with Crippen molar-refractivity contribution in [2.75, 3.05) is 0 Å². The summed E-state index contributed by atoms with van der Waals surface area (Å²) in [5.41, 5.74) is 0.226. The van der Waals surface area contributed by atoms with E-state index in [1.54, 1.807) is 13.2 Å². The molecule has 19 heavy (non-hydrogen) atoms. The number of aryl methyl sites for hydroxylation is 1. The minimum atomic E-state index is -0.326. The van der Waals surface area contributed by atoms with Crippen LogP contribution in [0.2, 0.25) is 0 Å². The Labute approximate surface area is 122 Å². The molecule has 1 saturated carbocycles. The van der Waals surface area contributed by atoms with E-state index in [0.717, 1.165) is 24.2 Å². The van der Waals surface area contributed by atoms with Crippen molar-refractivity contribution < 1.29 is 4.52 Å². The average molecular weight is 373 g/mol. The second-order valence-electron chi connectivity index (χ2n) is 4.75. The molecule has 0 aliphatic heterocycles. The fraction of sp³-hybridized carbons (Fsp3) is 0.417. The molecule has 0 amide bonds. The van der Waals surface area contributed by atoms with E-state index in [0.29, 0.717) is 9.49 Å². The van der Waals surface area contributed by atoms with Crippen molar-refractivity contribution in [3.05, 3.63) is 48.1 Å². The van der Waals surface area contributed by atoms with Crippen molar-refractivity contribution in [3.8, 4) is 0 Å². The Morgan fingerprint density at radius 2 is 2.21 bits per heavy atom. The van der Waals surface area contributed by atoms with Crippen molar-refractivity contribution in [3.63, 3.8) is 0 Å². The van der Waals surface area contributed by atoms with Crippen molar-refractivity contribution in [1.82, 2.24) is 14.3 Å². The van der Waals surface area contributed by atoms with Crippen LogP contribution in [0.3, 0.4) is 0 Å². The summed E-state index contributed by atoms with van der Waals surface area (Å²) in [7, 11) is 1.63. The Hall–Kier alpha value is -1.38. The largest absolute Gasteiger partial charge is 0.361 e. The maximum atomic E-state index is 12.1. The molecule has 2 aromatic rings. The van der Waals surface area contributed by atoms with Gasteiger partial charge >= 0.3 is 5.69 Å². The van der Waals surface area contributed by atoms with Crippen LogP contribution in [0.15, 0.2) is 26.5 Å². The van der Waals surface area contributed by atoms with E-state index >= 15 is 0 Å². The fourth-order valence-electron chi connectivity index (χ4n) is 2.07. The van der Waals surface area contributed by atoms with Gasteiger partial charge in [-0.2, -0.15) is 0 Å². The van der Waals surface area contributed by atoms with Crippen LogP contribution in [0.1, 0.15) is 30.1 Å². The number of halogens is 1. The molecule has 100 valence electrons. The monoisotopic (exact) mass is 373 g/mol. The van der Waals surface area contributed by atoms with Crippen LogP contribution < -0.4 is 11.2 Å². The lowest BCUT2D eigenvalue weighted by Gasteiger charge is -2.07. The summed E-state index contributed by atoms with van der Waals surface area (Å²) in [5.74, 6) is 1.22. The van der Waals surface area contributed by atoms with Gasteiger partial charge in [-0.25, -0.2) is 4.79 Å². The first-order valence-corrected chi connectivity index (χ1v) is 7.05. The molecule has 7 heteroatoms. The molecule has 1 fully saturated rings. The maximum Gasteiger partial charge on any atom is 0.331 e. The predicted octanol–water partition coefficient (Wildman–Crippen LogP) is 1.07. The van der Waals surface area contributed by atoms with Crippen molar-refractivity contribution >= 4 is 22.6 Å². The lowest BCUT2D eigenvalue weighted by Crippen LogP contribution is -2.40. The highest BCUT2D eigenvalue weighted by molar-refractivity contribution is 14.1. The number of hydrogen-bond donors (Lipinski definition) is 0. The van der Waals surface area contributed by atoms with E-state index in [1.807, 2.05) is 22.6 Å². The molecule has 0 atom stereocenters. The molecule has 1 aliphatic rings. The zero-order valence-electron chi connectivity index (χ0n) is 10.3. The normalized spacial score (nSPS) is 14.8. The van der Waals surface area contributed by atoms with Gasteiger partial charge in [0.25, 0.3) is 5.56 Å². The van der Waals surface area contributed by atoms with E-state index in [-0.39, 0.29) is 17.8 Å². The number of hydrogen-bond acceptors (Lipinski definition) is 4. The summed E-state index contributed by atoms with van der Waals surface area (Å²) in [6.45, 7) is 0.220. The number of rotatable bonds is 3. The zero-order chi connectivity index (χ0) is 13.6. The van der Waals surface area contributed by atoms with Gasteiger partial charge in [0.15, 0.2) is 0 Å². The molecular weight excluding hydrogens is 361 g/mol. The molecule has 0 unspecified atom stereocenters. The zero-order valence-corrected chi connectivity index (χ0v) is 12.5. The first-order chi connectivity index (χ1) is 9.08. The second-order valence-corrected chi connectivity index (χ2v) is 5.91. The van der Waals surface area contributed by atoms with Crippen LogP contribution in [0.25, 0.3) is 0 Å². The molecule has 0 saturated heterocycles. The molecule has 2 heterocycles. The summed E-state index contributed by atoms with van der Waals surface area (Å²) in [4.78, 5) is 24.1. The fourth-order valence-corrected chi connectivity index (χ4v) is 2.78. The molecule has 3 rings (SSSR count). The Morgan fingerprint density at radius 1 is 1.47 bits per heavy atom. The van der Waals surface area contributed by atoms with Crippen molar-refractivity contribution in [2.24, 2.45) is 7.05 Å². The molecule has 1 aliphatic carbocycles. The number of nitrogens with zero attached hydrogens (tertiary/aromatic N) is 3. The SMILES string of the molecule is Cn1cc(I)c(=O)n(Cc2cnoc2C2CC2)c1=O. The first kappa shape index (κ1) is 12.6. The second kappa shape index (κ2) is 4.62. The van der Waals surface area contributed by atoms with Gasteiger partial charge in [0.2, 0.25) is 0 Å². The lowest BCUT2D eigenvalue weighted by molar-refractivity contribution is 0.382. The van der Waals surface area contributed by atoms with Crippen LogP contribution in [0, 0.1) is 3.57 Å². The van der Waals surface area contributed by atoms with Gasteiger partial charge in [0, 0.05) is 24.7 Å². The van der Waals surface area contributed by atoms with Gasteiger partial charge in [0.1, 0.15) is 5.76 Å². The van der Waals surface area contributed by atoms with Crippen LogP contribution in [-0.2, 0) is 13.6 Å². The quantitative estimate of drug-likeness (QED) is 0.755. The third kappa shape index (κ3) is 2.26. The summed E-state index contributed by atoms with van der Waals surface area (Å²) in [5, 5.41) is 3.78. The predicted molar refractivity (Wildman–Crippen MR) is 76.2 cm³/mol. The summed E-state index contributed by atoms with van der Waals surface area (Å²) in [6.07, 6.45) is 5.30. The maximum absolute atomic E-state index is 12.1. The van der Waals surface area contributed by atoms with Gasteiger partial charge in [-0.1, -0.05) is 5.16 Å². The van der Waals surface area contributed by atoms with Gasteiger partial charge in [-0.05, 0) is 35.4 Å². The summed E-state index contributed by atoms with van der Waals surface area (Å²) >= 11 is 1.94. The Kier molecular flexibility index (Phi) is 3.08. The molecule has 0 aromatic carbocycles. The Morgan fingerprint density at radius 3 is 2.89 bits per heavy atom. The highest BCUT2D eigenvalue weighted by atomic mass is 127. The first-order valence-electron chi connectivity index (χ1n) is 5.97. The van der Waals surface area contributed by atoms with Crippen LogP contribution in [0.5, 0.6) is 0 Å². The molecule has 6 nitrogen and oxygen atoms in total. The van der Waals surface area contributed by atoms with E-state index in [1.165, 1.54) is 15.3 Å². The van der Waals surface area contributed by atoms with Crippen LogP contribution in [-0.4, -0.2) is 14.3 Å². The Bertz CT molecular complexity index is 705. The van der Waals surface area contributed by atoms with Crippen molar-refractivity contribution in [2.45, 2.75) is 25.3 Å². The van der Waals surface area contributed by atoms with E-state index in [2.05, 4.69) is 5.16 Å². The summed E-state index contributed by atoms with van der Waals surface area (Å²) < 4.78 is 8.38. The molecule has 0 spiro atoms. The van der Waals surface area contributed by atoms with E-state index < -0.39 is 0 Å². The molecular formula is C12H12IN3O3. The molecule has 0 N–H and O–H groups in total. The van der Waals surface area contributed by atoms with Crippen molar-refractivity contribution in [1.29, 1.82) is 0 Å². The van der Waals surface area contributed by atoms with E-state index in [4.69, 9.17) is 4.52 Å². The minimum Gasteiger partial charge on any atom is -0.361 e. The van der Waals surface area contributed by atoms with Gasteiger partial charge in [0.05, 0.1) is 16.3 Å². The van der Waals surface area contributed by atoms with Gasteiger partial charge < -0.3 is 9.09 Å². The third-order valence-electron chi connectivity index (χ3n) is 3.24. The molecule has 0 bridgehead atoms. The highest BCUT2D eigenvalue weighted by Gasteiger charge is 2.30. The van der Waals surface area contributed by atoms with E-state index in [9.17, 15) is 9.59 Å². The standard InChI is InChI=1S/C12H12IN3O3/c1-15-6-9(13)11(17)16(12(15)18)5-8-4-14-19-10(8)7-2-3-7/h4,6-7H,2-3,5H2,1H3. The number of aromatic nitrogens is 3. The Balaban J connectivity index is 2.06.